The van der Waals surface area contributed by atoms with Crippen molar-refractivity contribution < 1.29 is 0 Å². The number of thioether (sulfide) groups is 1. The Hall–Kier alpha value is -0.740. The highest BCUT2D eigenvalue weighted by atomic mass is 32.2. The zero-order valence-electron chi connectivity index (χ0n) is 7.03. The van der Waals surface area contributed by atoms with Gasteiger partial charge < -0.3 is 11.5 Å². The predicted molar refractivity (Wildman–Crippen MR) is 53.0 cm³/mol. The van der Waals surface area contributed by atoms with Gasteiger partial charge >= 0.3 is 0 Å². The number of nitrogen functional groups attached to an aromatic ring is 1. The van der Waals surface area contributed by atoms with Gasteiger partial charge in [-0.15, -0.1) is 11.8 Å². The molecule has 1 heterocycles. The van der Waals surface area contributed by atoms with E-state index in [9.17, 15) is 0 Å². The van der Waals surface area contributed by atoms with E-state index < -0.39 is 0 Å². The van der Waals surface area contributed by atoms with Crippen LogP contribution in [-0.2, 0) is 0 Å². The maximum atomic E-state index is 5.60. The summed E-state index contributed by atoms with van der Waals surface area (Å²) in [5.41, 5.74) is 11.8. The number of anilines is 1. The summed E-state index contributed by atoms with van der Waals surface area (Å²) in [6.45, 7) is 1.98. The Morgan fingerprint density at radius 1 is 1.58 bits per heavy atom. The van der Waals surface area contributed by atoms with Gasteiger partial charge in [-0.25, -0.2) is 4.98 Å². The van der Waals surface area contributed by atoms with Crippen molar-refractivity contribution >= 4 is 17.4 Å². The van der Waals surface area contributed by atoms with Crippen molar-refractivity contribution in [2.45, 2.75) is 18.0 Å². The minimum Gasteiger partial charge on any atom is -0.397 e. The fourth-order valence-electron chi connectivity index (χ4n) is 0.694. The molecule has 0 aliphatic heterocycles. The van der Waals surface area contributed by atoms with Crippen molar-refractivity contribution in [1.82, 2.24) is 4.98 Å². The molecule has 1 rings (SSSR count). The zero-order valence-corrected chi connectivity index (χ0v) is 7.84. The first-order valence-electron chi connectivity index (χ1n) is 3.78. The van der Waals surface area contributed by atoms with E-state index in [1.165, 1.54) is 0 Å². The fourth-order valence-corrected chi connectivity index (χ4v) is 1.42. The number of pyridine rings is 1. The number of rotatable bonds is 3. The first kappa shape index (κ1) is 9.35. The normalized spacial score (nSPS) is 12.8. The summed E-state index contributed by atoms with van der Waals surface area (Å²) >= 11 is 1.65. The average Bonchev–Trinajstić information content (AvgIpc) is 2.03. The van der Waals surface area contributed by atoms with Gasteiger partial charge in [-0.2, -0.15) is 0 Å². The van der Waals surface area contributed by atoms with E-state index in [0.29, 0.717) is 5.69 Å². The van der Waals surface area contributed by atoms with Crippen LogP contribution in [0.4, 0.5) is 5.69 Å². The lowest BCUT2D eigenvalue weighted by Crippen LogP contribution is -2.17. The first-order chi connectivity index (χ1) is 5.68. The highest BCUT2D eigenvalue weighted by molar-refractivity contribution is 7.99. The van der Waals surface area contributed by atoms with Gasteiger partial charge in [0.1, 0.15) is 0 Å². The molecule has 0 spiro atoms. The molecule has 66 valence electrons. The Morgan fingerprint density at radius 2 is 2.33 bits per heavy atom. The number of nitrogens with zero attached hydrogens (tertiary/aromatic N) is 1. The van der Waals surface area contributed by atoms with Crippen LogP contribution < -0.4 is 11.5 Å². The molecular weight excluding hydrogens is 170 g/mol. The number of nitrogens with two attached hydrogens (primary N) is 2. The Labute approximate surface area is 76.5 Å². The summed E-state index contributed by atoms with van der Waals surface area (Å²) in [6.07, 6.45) is 1.66. The number of hydrogen-bond acceptors (Lipinski definition) is 4. The van der Waals surface area contributed by atoms with Crippen LogP contribution in [0.25, 0.3) is 0 Å². The van der Waals surface area contributed by atoms with Gasteiger partial charge in [-0.05, 0) is 19.1 Å². The third-order valence-electron chi connectivity index (χ3n) is 1.25. The molecule has 4 heteroatoms. The average molecular weight is 183 g/mol. The fraction of sp³-hybridized carbons (Fsp3) is 0.375. The van der Waals surface area contributed by atoms with Crippen molar-refractivity contribution in [3.8, 4) is 0 Å². The molecule has 0 radical (unpaired) electrons. The molecule has 1 aromatic heterocycles. The van der Waals surface area contributed by atoms with Crippen molar-refractivity contribution in [2.24, 2.45) is 5.73 Å². The molecule has 0 saturated carbocycles. The lowest BCUT2D eigenvalue weighted by molar-refractivity contribution is 0.846. The summed E-state index contributed by atoms with van der Waals surface area (Å²) in [5.74, 6) is 0.886. The summed E-state index contributed by atoms with van der Waals surface area (Å²) in [7, 11) is 0. The van der Waals surface area contributed by atoms with Gasteiger partial charge in [-0.1, -0.05) is 0 Å². The van der Waals surface area contributed by atoms with E-state index in [0.717, 1.165) is 10.8 Å². The third-order valence-corrected chi connectivity index (χ3v) is 2.48. The molecule has 1 unspecified atom stereocenters. The molecule has 0 saturated heterocycles. The topological polar surface area (TPSA) is 64.9 Å². The molecule has 0 aliphatic carbocycles. The first-order valence-corrected chi connectivity index (χ1v) is 4.77. The molecule has 12 heavy (non-hydrogen) atoms. The minimum atomic E-state index is 0.203. The summed E-state index contributed by atoms with van der Waals surface area (Å²) in [5, 5.41) is 0.974. The summed E-state index contributed by atoms with van der Waals surface area (Å²) in [4.78, 5) is 4.13. The number of hydrogen-bond donors (Lipinski definition) is 2. The highest BCUT2D eigenvalue weighted by Crippen LogP contribution is 2.15. The SMILES string of the molecule is CC(N)CSc1ccc(N)cn1. The Morgan fingerprint density at radius 3 is 2.83 bits per heavy atom. The van der Waals surface area contributed by atoms with Crippen molar-refractivity contribution in [1.29, 1.82) is 0 Å². The second kappa shape index (κ2) is 4.33. The quantitative estimate of drug-likeness (QED) is 0.689. The summed E-state index contributed by atoms with van der Waals surface area (Å²) in [6, 6.07) is 3.95. The Balaban J connectivity index is 2.48. The smallest absolute Gasteiger partial charge is 0.0962 e. The lowest BCUT2D eigenvalue weighted by Gasteiger charge is -2.03. The van der Waals surface area contributed by atoms with Crippen LogP contribution in [0.15, 0.2) is 23.4 Å². The lowest BCUT2D eigenvalue weighted by atomic mass is 10.4. The molecule has 1 atom stereocenters. The summed E-state index contributed by atoms with van der Waals surface area (Å²) < 4.78 is 0. The maximum Gasteiger partial charge on any atom is 0.0962 e. The molecular formula is C8H13N3S. The van der Waals surface area contributed by atoms with Crippen molar-refractivity contribution in [3.05, 3.63) is 18.3 Å². The highest BCUT2D eigenvalue weighted by Gasteiger charge is 1.97. The Kier molecular flexibility index (Phi) is 3.37. The molecule has 0 fully saturated rings. The molecule has 0 bridgehead atoms. The van der Waals surface area contributed by atoms with E-state index in [-0.39, 0.29) is 6.04 Å². The van der Waals surface area contributed by atoms with E-state index >= 15 is 0 Å². The number of aromatic nitrogens is 1. The maximum absolute atomic E-state index is 5.60. The standard InChI is InChI=1S/C8H13N3S/c1-6(9)5-12-8-3-2-7(10)4-11-8/h2-4,6H,5,9-10H2,1H3. The van der Waals surface area contributed by atoms with Crippen molar-refractivity contribution in [3.63, 3.8) is 0 Å². The zero-order chi connectivity index (χ0) is 8.97. The van der Waals surface area contributed by atoms with E-state index in [4.69, 9.17) is 11.5 Å². The predicted octanol–water partition coefficient (Wildman–Crippen LogP) is 1.10. The van der Waals surface area contributed by atoms with Gasteiger partial charge in [0.2, 0.25) is 0 Å². The van der Waals surface area contributed by atoms with Gasteiger partial charge in [0, 0.05) is 11.8 Å². The van der Waals surface area contributed by atoms with Crippen LogP contribution in [0.1, 0.15) is 6.92 Å². The van der Waals surface area contributed by atoms with Gasteiger partial charge in [0.15, 0.2) is 0 Å². The van der Waals surface area contributed by atoms with E-state index in [2.05, 4.69) is 4.98 Å². The van der Waals surface area contributed by atoms with Gasteiger partial charge in [0.25, 0.3) is 0 Å². The van der Waals surface area contributed by atoms with Crippen LogP contribution in [0, 0.1) is 0 Å². The van der Waals surface area contributed by atoms with Crippen molar-refractivity contribution in [2.75, 3.05) is 11.5 Å². The van der Waals surface area contributed by atoms with Gasteiger partial charge in [0.05, 0.1) is 16.9 Å². The van der Waals surface area contributed by atoms with Crippen LogP contribution >= 0.6 is 11.8 Å². The monoisotopic (exact) mass is 183 g/mol. The Bertz CT molecular complexity index is 233. The molecule has 1 aromatic rings. The van der Waals surface area contributed by atoms with Crippen LogP contribution in [0.2, 0.25) is 0 Å². The largest absolute Gasteiger partial charge is 0.397 e. The van der Waals surface area contributed by atoms with E-state index in [1.807, 2.05) is 19.1 Å². The molecule has 4 N–H and O–H groups in total. The molecule has 0 aromatic carbocycles. The van der Waals surface area contributed by atoms with Crippen LogP contribution in [0.5, 0.6) is 0 Å². The van der Waals surface area contributed by atoms with E-state index in [1.54, 1.807) is 18.0 Å². The molecule has 0 amide bonds. The molecule has 0 aliphatic rings. The molecule has 3 nitrogen and oxygen atoms in total. The van der Waals surface area contributed by atoms with Crippen LogP contribution in [-0.4, -0.2) is 16.8 Å². The van der Waals surface area contributed by atoms with Crippen LogP contribution in [0.3, 0.4) is 0 Å². The second-order valence-corrected chi connectivity index (χ2v) is 3.76. The van der Waals surface area contributed by atoms with Gasteiger partial charge in [-0.3, -0.25) is 0 Å². The second-order valence-electron chi connectivity index (χ2n) is 2.72. The minimum absolute atomic E-state index is 0.203. The third kappa shape index (κ3) is 3.11.